The lowest BCUT2D eigenvalue weighted by molar-refractivity contribution is 0.310. The number of hydrogen-bond acceptors (Lipinski definition) is 3. The van der Waals surface area contributed by atoms with Gasteiger partial charge in [0.1, 0.15) is 0 Å². The minimum Gasteiger partial charge on any atom is -0.493 e. The number of rotatable bonds is 4. The Hall–Kier alpha value is -0.930. The van der Waals surface area contributed by atoms with Crippen molar-refractivity contribution >= 4 is 12.4 Å². The zero-order valence-corrected chi connectivity index (χ0v) is 10.1. The maximum atomic E-state index is 5.77. The third kappa shape index (κ3) is 3.61. The van der Waals surface area contributed by atoms with Crippen molar-refractivity contribution < 1.29 is 9.47 Å². The molecule has 0 heterocycles. The highest BCUT2D eigenvalue weighted by molar-refractivity contribution is 5.85. The van der Waals surface area contributed by atoms with Crippen molar-refractivity contribution in [2.45, 2.75) is 19.9 Å². The molecule has 0 radical (unpaired) electrons. The Morgan fingerprint density at radius 2 is 2.00 bits per heavy atom. The topological polar surface area (TPSA) is 44.5 Å². The molecule has 1 aromatic rings. The van der Waals surface area contributed by atoms with E-state index in [-0.39, 0.29) is 18.4 Å². The first-order valence-corrected chi connectivity index (χ1v) is 4.75. The zero-order valence-electron chi connectivity index (χ0n) is 9.32. The van der Waals surface area contributed by atoms with E-state index in [0.29, 0.717) is 6.61 Å². The van der Waals surface area contributed by atoms with Crippen molar-refractivity contribution in [2.24, 2.45) is 5.73 Å². The van der Waals surface area contributed by atoms with Crippen LogP contribution < -0.4 is 15.2 Å². The van der Waals surface area contributed by atoms with Crippen LogP contribution in [0, 0.1) is 0 Å². The van der Waals surface area contributed by atoms with Crippen molar-refractivity contribution in [1.82, 2.24) is 0 Å². The Kier molecular flexibility index (Phi) is 6.13. The van der Waals surface area contributed by atoms with Crippen LogP contribution in [-0.2, 0) is 0 Å². The molecule has 0 amide bonds. The van der Waals surface area contributed by atoms with E-state index in [1.807, 2.05) is 32.0 Å². The Balaban J connectivity index is 0.00000196. The van der Waals surface area contributed by atoms with Crippen molar-refractivity contribution in [3.8, 4) is 11.5 Å². The number of methoxy groups -OCH3 is 1. The molecule has 0 fully saturated rings. The van der Waals surface area contributed by atoms with Gasteiger partial charge in [-0.1, -0.05) is 6.07 Å². The summed E-state index contributed by atoms with van der Waals surface area (Å²) in [6.45, 7) is 4.51. The normalized spacial score (nSPS) is 11.5. The molecule has 3 nitrogen and oxygen atoms in total. The lowest BCUT2D eigenvalue weighted by Gasteiger charge is -2.12. The Morgan fingerprint density at radius 1 is 1.33 bits per heavy atom. The standard InChI is InChI=1S/C11H17NO2.ClH/c1-4-14-11-7-9(8(2)12)5-6-10(11)13-3;/h5-8H,4,12H2,1-3H3;1H/t8-;/m1./s1. The summed E-state index contributed by atoms with van der Waals surface area (Å²) in [6, 6.07) is 5.77. The van der Waals surface area contributed by atoms with Crippen molar-refractivity contribution in [2.75, 3.05) is 13.7 Å². The second-order valence-electron chi connectivity index (χ2n) is 3.13. The van der Waals surface area contributed by atoms with Gasteiger partial charge in [-0.05, 0) is 31.5 Å². The second-order valence-corrected chi connectivity index (χ2v) is 3.13. The summed E-state index contributed by atoms with van der Waals surface area (Å²) in [5.41, 5.74) is 6.82. The van der Waals surface area contributed by atoms with Gasteiger partial charge in [-0.3, -0.25) is 0 Å². The molecule has 0 spiro atoms. The molecule has 0 saturated heterocycles. The van der Waals surface area contributed by atoms with Crippen molar-refractivity contribution in [3.63, 3.8) is 0 Å². The first-order valence-electron chi connectivity index (χ1n) is 4.75. The molecule has 1 aromatic carbocycles. The maximum absolute atomic E-state index is 5.77. The average Bonchev–Trinajstić information content (AvgIpc) is 2.18. The van der Waals surface area contributed by atoms with E-state index in [1.54, 1.807) is 7.11 Å². The smallest absolute Gasteiger partial charge is 0.161 e. The molecule has 1 atom stereocenters. The lowest BCUT2D eigenvalue weighted by atomic mass is 10.1. The molecular weight excluding hydrogens is 214 g/mol. The fraction of sp³-hybridized carbons (Fsp3) is 0.455. The summed E-state index contributed by atoms with van der Waals surface area (Å²) in [4.78, 5) is 0. The molecule has 0 bridgehead atoms. The molecule has 0 unspecified atom stereocenters. The summed E-state index contributed by atoms with van der Waals surface area (Å²) >= 11 is 0. The van der Waals surface area contributed by atoms with Gasteiger partial charge in [0.25, 0.3) is 0 Å². The molecule has 0 aliphatic heterocycles. The van der Waals surface area contributed by atoms with Gasteiger partial charge in [0, 0.05) is 6.04 Å². The van der Waals surface area contributed by atoms with Gasteiger partial charge in [-0.25, -0.2) is 0 Å². The quantitative estimate of drug-likeness (QED) is 0.866. The molecule has 15 heavy (non-hydrogen) atoms. The minimum atomic E-state index is 0. The second kappa shape index (κ2) is 6.53. The summed E-state index contributed by atoms with van der Waals surface area (Å²) in [5, 5.41) is 0. The van der Waals surface area contributed by atoms with Gasteiger partial charge in [0.15, 0.2) is 11.5 Å². The van der Waals surface area contributed by atoms with Crippen LogP contribution in [0.15, 0.2) is 18.2 Å². The molecule has 4 heteroatoms. The average molecular weight is 232 g/mol. The number of ether oxygens (including phenoxy) is 2. The molecule has 2 N–H and O–H groups in total. The van der Waals surface area contributed by atoms with Crippen molar-refractivity contribution in [1.29, 1.82) is 0 Å². The largest absolute Gasteiger partial charge is 0.493 e. The molecular formula is C11H18ClNO2. The van der Waals surface area contributed by atoms with Crippen molar-refractivity contribution in [3.05, 3.63) is 23.8 Å². The van der Waals surface area contributed by atoms with Crippen LogP contribution in [0.1, 0.15) is 25.5 Å². The monoisotopic (exact) mass is 231 g/mol. The van der Waals surface area contributed by atoms with Gasteiger partial charge in [0.2, 0.25) is 0 Å². The van der Waals surface area contributed by atoms with Gasteiger partial charge < -0.3 is 15.2 Å². The predicted molar refractivity (Wildman–Crippen MR) is 64.0 cm³/mol. The third-order valence-electron chi connectivity index (χ3n) is 2.01. The molecule has 0 saturated carbocycles. The van der Waals surface area contributed by atoms with E-state index in [0.717, 1.165) is 17.1 Å². The van der Waals surface area contributed by atoms with Crippen LogP contribution in [0.25, 0.3) is 0 Å². The summed E-state index contributed by atoms with van der Waals surface area (Å²) < 4.78 is 10.6. The van der Waals surface area contributed by atoms with Gasteiger partial charge in [-0.15, -0.1) is 12.4 Å². The molecule has 0 aliphatic carbocycles. The molecule has 1 rings (SSSR count). The van der Waals surface area contributed by atoms with Crippen LogP contribution in [0.5, 0.6) is 11.5 Å². The number of nitrogens with two attached hydrogens (primary N) is 1. The summed E-state index contributed by atoms with van der Waals surface area (Å²) in [6.07, 6.45) is 0. The molecule has 0 aliphatic rings. The van der Waals surface area contributed by atoms with Gasteiger partial charge in [-0.2, -0.15) is 0 Å². The first-order chi connectivity index (χ1) is 6.69. The van der Waals surface area contributed by atoms with Crippen LogP contribution in [0.4, 0.5) is 0 Å². The molecule has 0 aromatic heterocycles. The number of benzene rings is 1. The number of halogens is 1. The van der Waals surface area contributed by atoms with Crippen LogP contribution in [-0.4, -0.2) is 13.7 Å². The van der Waals surface area contributed by atoms with E-state index >= 15 is 0 Å². The Bertz CT molecular complexity index is 303. The van der Waals surface area contributed by atoms with E-state index in [1.165, 1.54) is 0 Å². The SMILES string of the molecule is CCOc1cc([C@@H](C)N)ccc1OC.Cl. The Morgan fingerprint density at radius 3 is 2.47 bits per heavy atom. The summed E-state index contributed by atoms with van der Waals surface area (Å²) in [5.74, 6) is 1.50. The maximum Gasteiger partial charge on any atom is 0.161 e. The minimum absolute atomic E-state index is 0. The highest BCUT2D eigenvalue weighted by Gasteiger charge is 2.07. The van der Waals surface area contributed by atoms with Gasteiger partial charge >= 0.3 is 0 Å². The zero-order chi connectivity index (χ0) is 10.6. The van der Waals surface area contributed by atoms with E-state index in [4.69, 9.17) is 15.2 Å². The van der Waals surface area contributed by atoms with E-state index in [9.17, 15) is 0 Å². The number of hydrogen-bond donors (Lipinski definition) is 1. The van der Waals surface area contributed by atoms with Gasteiger partial charge in [0.05, 0.1) is 13.7 Å². The van der Waals surface area contributed by atoms with Crippen LogP contribution in [0.2, 0.25) is 0 Å². The highest BCUT2D eigenvalue weighted by Crippen LogP contribution is 2.29. The predicted octanol–water partition coefficient (Wildman–Crippen LogP) is 2.54. The van der Waals surface area contributed by atoms with E-state index < -0.39 is 0 Å². The summed E-state index contributed by atoms with van der Waals surface area (Å²) in [7, 11) is 1.63. The van der Waals surface area contributed by atoms with Crippen LogP contribution in [0.3, 0.4) is 0 Å². The lowest BCUT2D eigenvalue weighted by Crippen LogP contribution is -2.05. The first kappa shape index (κ1) is 14.1. The van der Waals surface area contributed by atoms with Crippen LogP contribution >= 0.6 is 12.4 Å². The fourth-order valence-corrected chi connectivity index (χ4v) is 1.24. The fourth-order valence-electron chi connectivity index (χ4n) is 1.24. The third-order valence-corrected chi connectivity index (χ3v) is 2.01. The Labute approximate surface area is 97.0 Å². The highest BCUT2D eigenvalue weighted by atomic mass is 35.5. The van der Waals surface area contributed by atoms with E-state index in [2.05, 4.69) is 0 Å². The molecule has 86 valence electrons.